The SMILES string of the molecule is CCC(C=O)c1cc2n(c(=O)c1COC)Cc1c-2nc2c3c1C(NC(=O)C(C)C(F)(F)F)CCC(=C(C)C(F)=C2)C3. The van der Waals surface area contributed by atoms with Gasteiger partial charge in [0.15, 0.2) is 0 Å². The molecule has 0 radical (unpaired) electrons. The van der Waals surface area contributed by atoms with Crippen molar-refractivity contribution in [2.45, 2.75) is 77.7 Å². The summed E-state index contributed by atoms with van der Waals surface area (Å²) in [6.45, 7) is 4.36. The second-order valence-electron chi connectivity index (χ2n) is 10.9. The largest absolute Gasteiger partial charge is 0.400 e. The molecule has 0 fully saturated rings. The molecule has 3 atom stereocenters. The van der Waals surface area contributed by atoms with Gasteiger partial charge in [-0.2, -0.15) is 13.2 Å². The third kappa shape index (κ3) is 4.83. The van der Waals surface area contributed by atoms with Crippen molar-refractivity contribution in [3.63, 3.8) is 0 Å². The second-order valence-corrected chi connectivity index (χ2v) is 10.9. The van der Waals surface area contributed by atoms with Crippen molar-refractivity contribution in [2.75, 3.05) is 7.11 Å². The Morgan fingerprint density at radius 2 is 2.05 bits per heavy atom. The Labute approximate surface area is 234 Å². The van der Waals surface area contributed by atoms with Gasteiger partial charge in [-0.15, -0.1) is 0 Å². The van der Waals surface area contributed by atoms with Crippen LogP contribution >= 0.6 is 0 Å². The lowest BCUT2D eigenvalue weighted by Gasteiger charge is -2.25. The van der Waals surface area contributed by atoms with Crippen LogP contribution in [0.1, 0.15) is 85.5 Å². The summed E-state index contributed by atoms with van der Waals surface area (Å²) in [5.74, 6) is -4.40. The quantitative estimate of drug-likeness (QED) is 0.300. The summed E-state index contributed by atoms with van der Waals surface area (Å²) in [6, 6.07) is 0.928. The normalized spacial score (nSPS) is 19.0. The summed E-state index contributed by atoms with van der Waals surface area (Å²) in [6.07, 6.45) is -1.22. The number of aldehydes is 1. The van der Waals surface area contributed by atoms with Crippen LogP contribution in [0.2, 0.25) is 0 Å². The van der Waals surface area contributed by atoms with Gasteiger partial charge in [-0.3, -0.25) is 9.59 Å². The first-order valence-corrected chi connectivity index (χ1v) is 13.6. The third-order valence-electron chi connectivity index (χ3n) is 8.59. The molecule has 0 saturated heterocycles. The Bertz CT molecular complexity index is 1570. The number of hydrogen-bond donors (Lipinski definition) is 1. The number of nitrogens with one attached hydrogen (secondary N) is 1. The zero-order chi connectivity index (χ0) is 29.8. The standard InChI is InChI=1S/C30H31F4N3O4/c1-5-16(12-38)18-9-25-27-20(11-37(25)29(40)21(18)13-41-4)26-19-8-17(14(2)22(31)10-24(19)35-27)6-7-23(26)36-28(39)15(3)30(32,33)34/h9-10,12,15-16,23H,5-8,11,13H2,1-4H3,(H,36,39). The molecule has 41 heavy (non-hydrogen) atoms. The number of allylic oxidation sites excluding steroid dienone is 3. The van der Waals surface area contributed by atoms with Gasteiger partial charge >= 0.3 is 6.18 Å². The molecule has 0 aromatic carbocycles. The lowest BCUT2D eigenvalue weighted by molar-refractivity contribution is -0.179. The predicted octanol–water partition coefficient (Wildman–Crippen LogP) is 5.44. The average molecular weight is 574 g/mol. The maximum Gasteiger partial charge on any atom is 0.400 e. The zero-order valence-electron chi connectivity index (χ0n) is 23.2. The molecule has 3 unspecified atom stereocenters. The molecular weight excluding hydrogens is 542 g/mol. The van der Waals surface area contributed by atoms with Gasteiger partial charge in [-0.05, 0) is 67.9 Å². The molecule has 7 nitrogen and oxygen atoms in total. The van der Waals surface area contributed by atoms with Gasteiger partial charge in [0.05, 0.1) is 36.3 Å². The Morgan fingerprint density at radius 3 is 2.68 bits per heavy atom. The van der Waals surface area contributed by atoms with Gasteiger partial charge in [-0.1, -0.05) is 12.5 Å². The van der Waals surface area contributed by atoms with Gasteiger partial charge in [0.2, 0.25) is 5.91 Å². The highest BCUT2D eigenvalue weighted by atomic mass is 19.4. The smallest absolute Gasteiger partial charge is 0.380 e. The fraction of sp³-hybridized carbons (Fsp3) is 0.467. The number of nitrogens with zero attached hydrogens (tertiary/aromatic N) is 2. The fourth-order valence-corrected chi connectivity index (χ4v) is 6.10. The number of carbonyl (C=O) groups is 2. The highest BCUT2D eigenvalue weighted by Crippen LogP contribution is 2.45. The van der Waals surface area contributed by atoms with Crippen LogP contribution in [-0.4, -0.2) is 35.0 Å². The maximum absolute atomic E-state index is 15.2. The molecule has 3 heterocycles. The molecule has 1 amide bonds. The first-order chi connectivity index (χ1) is 19.4. The van der Waals surface area contributed by atoms with E-state index >= 15 is 4.39 Å². The van der Waals surface area contributed by atoms with Crippen LogP contribution in [0.4, 0.5) is 17.6 Å². The molecule has 5 rings (SSSR count). The summed E-state index contributed by atoms with van der Waals surface area (Å²) in [5, 5.41) is 2.62. The van der Waals surface area contributed by atoms with Gasteiger partial charge in [0.25, 0.3) is 5.56 Å². The number of pyridine rings is 2. The van der Waals surface area contributed by atoms with Crippen molar-refractivity contribution < 1.29 is 31.9 Å². The topological polar surface area (TPSA) is 90.3 Å². The molecule has 218 valence electrons. The zero-order valence-corrected chi connectivity index (χ0v) is 23.2. The third-order valence-corrected chi connectivity index (χ3v) is 8.59. The summed E-state index contributed by atoms with van der Waals surface area (Å²) in [7, 11) is 1.45. The van der Waals surface area contributed by atoms with Crippen LogP contribution in [0.25, 0.3) is 17.5 Å². The van der Waals surface area contributed by atoms with Crippen molar-refractivity contribution in [3.8, 4) is 11.4 Å². The van der Waals surface area contributed by atoms with Gasteiger partial charge in [0.1, 0.15) is 18.0 Å². The summed E-state index contributed by atoms with van der Waals surface area (Å²) >= 11 is 0. The molecule has 2 aromatic heterocycles. The van der Waals surface area contributed by atoms with Crippen LogP contribution in [0, 0.1) is 5.92 Å². The van der Waals surface area contributed by atoms with Crippen LogP contribution in [0.3, 0.4) is 0 Å². The van der Waals surface area contributed by atoms with Gasteiger partial charge < -0.3 is 19.4 Å². The Hall–Kier alpha value is -3.60. The van der Waals surface area contributed by atoms with Crippen LogP contribution in [-0.2, 0) is 33.9 Å². The van der Waals surface area contributed by atoms with Crippen molar-refractivity contribution in [3.05, 3.63) is 66.9 Å². The molecule has 2 bridgehead atoms. The first kappa shape index (κ1) is 28.9. The number of carbonyl (C=O) groups excluding carboxylic acids is 2. The highest BCUT2D eigenvalue weighted by Gasteiger charge is 2.43. The molecule has 11 heteroatoms. The number of halogens is 4. The fourth-order valence-electron chi connectivity index (χ4n) is 6.10. The minimum Gasteiger partial charge on any atom is -0.380 e. The lowest BCUT2D eigenvalue weighted by atomic mass is 9.90. The van der Waals surface area contributed by atoms with E-state index in [1.807, 2.05) is 6.92 Å². The summed E-state index contributed by atoms with van der Waals surface area (Å²) in [5.41, 5.74) is 4.65. The average Bonchev–Trinajstić information content (AvgIpc) is 3.10. The number of aromatic nitrogens is 2. The van der Waals surface area contributed by atoms with Crippen LogP contribution in [0.5, 0.6) is 0 Å². The molecule has 0 spiro atoms. The monoisotopic (exact) mass is 573 g/mol. The van der Waals surface area contributed by atoms with Gasteiger partial charge in [-0.25, -0.2) is 9.37 Å². The van der Waals surface area contributed by atoms with Crippen molar-refractivity contribution in [1.82, 2.24) is 14.9 Å². The van der Waals surface area contributed by atoms with E-state index < -0.39 is 35.8 Å². The van der Waals surface area contributed by atoms with E-state index in [-0.39, 0.29) is 25.1 Å². The van der Waals surface area contributed by atoms with E-state index in [1.54, 1.807) is 13.0 Å². The van der Waals surface area contributed by atoms with Crippen molar-refractivity contribution in [1.29, 1.82) is 0 Å². The molecular formula is C30H31F4N3O4. The van der Waals surface area contributed by atoms with Crippen LogP contribution < -0.4 is 10.9 Å². The molecule has 2 aliphatic carbocycles. The second kappa shape index (κ2) is 10.7. The van der Waals surface area contributed by atoms with E-state index in [0.29, 0.717) is 69.7 Å². The van der Waals surface area contributed by atoms with Gasteiger partial charge in [0, 0.05) is 30.2 Å². The molecule has 2 aromatic rings. The number of fused-ring (bicyclic) bond motifs is 5. The number of alkyl halides is 3. The van der Waals surface area contributed by atoms with E-state index in [4.69, 9.17) is 9.72 Å². The first-order valence-electron chi connectivity index (χ1n) is 13.6. The number of amides is 1. The summed E-state index contributed by atoms with van der Waals surface area (Å²) in [4.78, 5) is 43.3. The van der Waals surface area contributed by atoms with Crippen molar-refractivity contribution >= 4 is 18.3 Å². The van der Waals surface area contributed by atoms with E-state index in [0.717, 1.165) is 18.8 Å². The highest BCUT2D eigenvalue weighted by molar-refractivity contribution is 5.81. The molecule has 1 aliphatic heterocycles. The Kier molecular flexibility index (Phi) is 7.52. The number of ether oxygens (including phenoxy) is 1. The predicted molar refractivity (Wildman–Crippen MR) is 144 cm³/mol. The molecule has 1 N–H and O–H groups in total. The molecule has 0 saturated carbocycles. The number of methoxy groups -OCH3 is 1. The lowest BCUT2D eigenvalue weighted by Crippen LogP contribution is -2.39. The Morgan fingerprint density at radius 1 is 1.32 bits per heavy atom. The maximum atomic E-state index is 15.2. The number of hydrogen-bond acceptors (Lipinski definition) is 5. The van der Waals surface area contributed by atoms with E-state index in [1.165, 1.54) is 17.8 Å². The summed E-state index contributed by atoms with van der Waals surface area (Å²) < 4.78 is 62.3. The number of rotatable bonds is 7. The van der Waals surface area contributed by atoms with E-state index in [2.05, 4.69) is 5.32 Å². The minimum absolute atomic E-state index is 0.0126. The van der Waals surface area contributed by atoms with Crippen LogP contribution in [0.15, 0.2) is 27.8 Å². The molecule has 3 aliphatic rings. The van der Waals surface area contributed by atoms with E-state index in [9.17, 15) is 27.6 Å². The Balaban J connectivity index is 1.75. The minimum atomic E-state index is -4.71. The van der Waals surface area contributed by atoms with Crippen molar-refractivity contribution in [2.24, 2.45) is 5.92 Å².